The molecule has 2 aromatic rings. The maximum atomic E-state index is 11.4. The molecule has 2 aromatic carbocycles. The van der Waals surface area contributed by atoms with E-state index < -0.39 is 0 Å². The molecule has 2 nitrogen and oxygen atoms in total. The lowest BCUT2D eigenvalue weighted by Gasteiger charge is -2.04. The maximum Gasteiger partial charge on any atom is 0.159 e. The summed E-state index contributed by atoms with van der Waals surface area (Å²) in [6.45, 7) is 1.55. The summed E-state index contributed by atoms with van der Waals surface area (Å²) in [4.78, 5) is 11.4. The third kappa shape index (κ3) is 4.49. The van der Waals surface area contributed by atoms with Crippen LogP contribution in [0.25, 0.3) is 0 Å². The minimum Gasteiger partial charge on any atom is -0.495 e. The first kappa shape index (κ1) is 15.9. The van der Waals surface area contributed by atoms with Gasteiger partial charge in [-0.3, -0.25) is 4.79 Å². The van der Waals surface area contributed by atoms with E-state index in [1.807, 2.05) is 12.1 Å². The molecular formula is C20H20O2. The van der Waals surface area contributed by atoms with Crippen molar-refractivity contribution in [2.45, 2.75) is 26.2 Å². The van der Waals surface area contributed by atoms with Crippen molar-refractivity contribution in [2.75, 3.05) is 7.11 Å². The van der Waals surface area contributed by atoms with Gasteiger partial charge in [-0.1, -0.05) is 42.2 Å². The first-order chi connectivity index (χ1) is 10.7. The molecule has 0 radical (unpaired) electrons. The number of carbonyl (C=O) groups excluding carboxylic acids is 1. The SMILES string of the molecule is COc1cc(C(C)=O)ccc1C#CCCCc1ccccc1. The van der Waals surface area contributed by atoms with Crippen molar-refractivity contribution in [3.8, 4) is 17.6 Å². The highest BCUT2D eigenvalue weighted by Crippen LogP contribution is 2.19. The van der Waals surface area contributed by atoms with Gasteiger partial charge in [0.1, 0.15) is 5.75 Å². The zero-order chi connectivity index (χ0) is 15.8. The summed E-state index contributed by atoms with van der Waals surface area (Å²) in [5.74, 6) is 6.99. The molecule has 0 saturated carbocycles. The first-order valence-corrected chi connectivity index (χ1v) is 7.42. The van der Waals surface area contributed by atoms with Crippen LogP contribution in [0.3, 0.4) is 0 Å². The Balaban J connectivity index is 1.95. The van der Waals surface area contributed by atoms with Gasteiger partial charge in [0.15, 0.2) is 5.78 Å². The second-order valence-corrected chi connectivity index (χ2v) is 5.11. The van der Waals surface area contributed by atoms with Gasteiger partial charge in [0.25, 0.3) is 0 Å². The quantitative estimate of drug-likeness (QED) is 0.467. The highest BCUT2D eigenvalue weighted by Gasteiger charge is 2.05. The third-order valence-electron chi connectivity index (χ3n) is 3.44. The van der Waals surface area contributed by atoms with Crippen LogP contribution in [0.2, 0.25) is 0 Å². The van der Waals surface area contributed by atoms with Gasteiger partial charge in [-0.2, -0.15) is 0 Å². The summed E-state index contributed by atoms with van der Waals surface area (Å²) in [5, 5.41) is 0. The Hall–Kier alpha value is -2.53. The maximum absolute atomic E-state index is 11.4. The molecule has 0 aromatic heterocycles. The van der Waals surface area contributed by atoms with Crippen molar-refractivity contribution in [2.24, 2.45) is 0 Å². The van der Waals surface area contributed by atoms with Crippen LogP contribution >= 0.6 is 0 Å². The van der Waals surface area contributed by atoms with E-state index in [4.69, 9.17) is 4.74 Å². The van der Waals surface area contributed by atoms with E-state index in [0.29, 0.717) is 11.3 Å². The Kier molecular flexibility index (Phi) is 5.80. The number of Topliss-reactive ketones (excluding diaryl/α,β-unsaturated/α-hetero) is 1. The molecule has 0 saturated heterocycles. The fraction of sp³-hybridized carbons (Fsp3) is 0.250. The predicted octanol–water partition coefficient (Wildman–Crippen LogP) is 4.27. The van der Waals surface area contributed by atoms with E-state index in [9.17, 15) is 4.79 Å². The average molecular weight is 292 g/mol. The lowest BCUT2D eigenvalue weighted by molar-refractivity contribution is 0.101. The second-order valence-electron chi connectivity index (χ2n) is 5.11. The summed E-state index contributed by atoms with van der Waals surface area (Å²) in [6.07, 6.45) is 2.91. The second kappa shape index (κ2) is 8.05. The molecule has 0 N–H and O–H groups in total. The molecule has 0 spiro atoms. The number of aryl methyl sites for hydroxylation is 1. The number of unbranched alkanes of at least 4 members (excludes halogenated alkanes) is 1. The number of ketones is 1. The van der Waals surface area contributed by atoms with Crippen LogP contribution in [0.4, 0.5) is 0 Å². The number of rotatable bonds is 5. The smallest absolute Gasteiger partial charge is 0.159 e. The number of hydrogen-bond acceptors (Lipinski definition) is 2. The Labute approximate surface area is 132 Å². The Morgan fingerprint density at radius 2 is 1.91 bits per heavy atom. The summed E-state index contributed by atoms with van der Waals surface area (Å²) in [6, 6.07) is 15.8. The molecule has 0 amide bonds. The van der Waals surface area contributed by atoms with Crippen molar-refractivity contribution < 1.29 is 9.53 Å². The van der Waals surface area contributed by atoms with Crippen molar-refractivity contribution in [3.63, 3.8) is 0 Å². The van der Waals surface area contributed by atoms with E-state index >= 15 is 0 Å². The summed E-state index contributed by atoms with van der Waals surface area (Å²) >= 11 is 0. The predicted molar refractivity (Wildman–Crippen MR) is 89.3 cm³/mol. The lowest BCUT2D eigenvalue weighted by Crippen LogP contribution is -1.95. The van der Waals surface area contributed by atoms with Crippen LogP contribution in [-0.4, -0.2) is 12.9 Å². The highest BCUT2D eigenvalue weighted by molar-refractivity contribution is 5.94. The molecular weight excluding hydrogens is 272 g/mol. The molecule has 0 bridgehead atoms. The average Bonchev–Trinajstić information content (AvgIpc) is 2.55. The van der Waals surface area contributed by atoms with Crippen LogP contribution in [0.1, 0.15) is 41.3 Å². The van der Waals surface area contributed by atoms with Gasteiger partial charge in [-0.05, 0) is 43.5 Å². The largest absolute Gasteiger partial charge is 0.495 e. The standard InChI is InChI=1S/C20H20O2/c1-16(21)19-14-13-18(20(15-19)22-2)12-8-4-7-11-17-9-5-3-6-10-17/h3,5-6,9-10,13-15H,4,7,11H2,1-2H3. The van der Waals surface area contributed by atoms with E-state index in [2.05, 4.69) is 36.1 Å². The first-order valence-electron chi connectivity index (χ1n) is 7.42. The Bertz CT molecular complexity index is 691. The van der Waals surface area contributed by atoms with Gasteiger partial charge >= 0.3 is 0 Å². The topological polar surface area (TPSA) is 26.3 Å². The van der Waals surface area contributed by atoms with Crippen LogP contribution in [-0.2, 0) is 6.42 Å². The van der Waals surface area contributed by atoms with Gasteiger partial charge in [-0.15, -0.1) is 0 Å². The van der Waals surface area contributed by atoms with Crippen LogP contribution in [0.15, 0.2) is 48.5 Å². The number of methoxy groups -OCH3 is 1. The molecule has 22 heavy (non-hydrogen) atoms. The molecule has 0 unspecified atom stereocenters. The van der Waals surface area contributed by atoms with Crippen molar-refractivity contribution in [1.29, 1.82) is 0 Å². The van der Waals surface area contributed by atoms with Crippen molar-refractivity contribution in [3.05, 3.63) is 65.2 Å². The Morgan fingerprint density at radius 1 is 1.14 bits per heavy atom. The van der Waals surface area contributed by atoms with E-state index in [1.165, 1.54) is 5.56 Å². The fourth-order valence-corrected chi connectivity index (χ4v) is 2.20. The van der Waals surface area contributed by atoms with Crippen LogP contribution < -0.4 is 4.74 Å². The van der Waals surface area contributed by atoms with E-state index in [-0.39, 0.29) is 5.78 Å². The minimum absolute atomic E-state index is 0.0284. The highest BCUT2D eigenvalue weighted by atomic mass is 16.5. The molecule has 0 aliphatic heterocycles. The van der Waals surface area contributed by atoms with Gasteiger partial charge in [-0.25, -0.2) is 0 Å². The molecule has 112 valence electrons. The minimum atomic E-state index is 0.0284. The van der Waals surface area contributed by atoms with Gasteiger partial charge in [0.05, 0.1) is 12.7 Å². The van der Waals surface area contributed by atoms with Crippen molar-refractivity contribution in [1.82, 2.24) is 0 Å². The van der Waals surface area contributed by atoms with Gasteiger partial charge in [0, 0.05) is 12.0 Å². The van der Waals surface area contributed by atoms with Crippen LogP contribution in [0, 0.1) is 11.8 Å². The van der Waals surface area contributed by atoms with Crippen molar-refractivity contribution >= 4 is 5.78 Å². The molecule has 0 aliphatic carbocycles. The zero-order valence-corrected chi connectivity index (χ0v) is 13.1. The number of benzene rings is 2. The molecule has 2 heteroatoms. The van der Waals surface area contributed by atoms with Crippen LogP contribution in [0.5, 0.6) is 5.75 Å². The van der Waals surface area contributed by atoms with Gasteiger partial charge < -0.3 is 4.74 Å². The van der Waals surface area contributed by atoms with Gasteiger partial charge in [0.2, 0.25) is 0 Å². The molecule has 0 heterocycles. The number of carbonyl (C=O) groups is 1. The monoisotopic (exact) mass is 292 g/mol. The number of hydrogen-bond donors (Lipinski definition) is 0. The molecule has 2 rings (SSSR count). The summed E-state index contributed by atoms with van der Waals surface area (Å²) in [5.41, 5.74) is 2.81. The fourth-order valence-electron chi connectivity index (χ4n) is 2.20. The van der Waals surface area contributed by atoms with E-state index in [1.54, 1.807) is 26.2 Å². The summed E-state index contributed by atoms with van der Waals surface area (Å²) < 4.78 is 5.31. The van der Waals surface area contributed by atoms with E-state index in [0.717, 1.165) is 24.8 Å². The number of ether oxygens (including phenoxy) is 1. The molecule has 0 aliphatic rings. The molecule has 0 atom stereocenters. The normalized spacial score (nSPS) is 9.73. The zero-order valence-electron chi connectivity index (χ0n) is 13.1. The Morgan fingerprint density at radius 3 is 2.59 bits per heavy atom. The molecule has 0 fully saturated rings. The third-order valence-corrected chi connectivity index (χ3v) is 3.44. The lowest BCUT2D eigenvalue weighted by atomic mass is 10.1. The summed E-state index contributed by atoms with van der Waals surface area (Å²) in [7, 11) is 1.60.